The van der Waals surface area contributed by atoms with Gasteiger partial charge in [0.2, 0.25) is 0 Å². The summed E-state index contributed by atoms with van der Waals surface area (Å²) in [7, 11) is 0. The Morgan fingerprint density at radius 2 is 1.67 bits per heavy atom. The molecule has 5 aromatic rings. The molecule has 0 aliphatic heterocycles. The van der Waals surface area contributed by atoms with Gasteiger partial charge in [-0.3, -0.25) is 0 Å². The summed E-state index contributed by atoms with van der Waals surface area (Å²) in [6.45, 7) is 3.61. The third-order valence-corrected chi connectivity index (χ3v) is 6.55. The number of ether oxygens (including phenoxy) is 2. The molecule has 0 amide bonds. The third-order valence-electron chi connectivity index (χ3n) is 6.55. The summed E-state index contributed by atoms with van der Waals surface area (Å²) in [4.78, 5) is 16.6. The molecular formula is C32H25F4N3O3. The lowest BCUT2D eigenvalue weighted by molar-refractivity contribution is -0.143. The van der Waals surface area contributed by atoms with E-state index in [4.69, 9.17) is 9.47 Å². The minimum Gasteiger partial charge on any atom is -0.488 e. The highest BCUT2D eigenvalue weighted by atomic mass is 19.4. The van der Waals surface area contributed by atoms with Crippen molar-refractivity contribution >= 4 is 5.97 Å². The number of carbonyl (C=O) groups excluding carboxylic acids is 1. The Bertz CT molecular complexity index is 1730. The normalized spacial score (nSPS) is 11.4. The minimum atomic E-state index is -4.89. The molecule has 0 saturated carbocycles. The van der Waals surface area contributed by atoms with Crippen LogP contribution in [0.1, 0.15) is 34.1 Å². The van der Waals surface area contributed by atoms with Gasteiger partial charge < -0.3 is 9.47 Å². The lowest BCUT2D eigenvalue weighted by Crippen LogP contribution is -2.19. The number of pyridine rings is 1. The van der Waals surface area contributed by atoms with Gasteiger partial charge in [-0.1, -0.05) is 48.5 Å². The van der Waals surface area contributed by atoms with Gasteiger partial charge >= 0.3 is 12.1 Å². The second-order valence-electron chi connectivity index (χ2n) is 9.35. The van der Waals surface area contributed by atoms with Crippen LogP contribution < -0.4 is 4.74 Å². The van der Waals surface area contributed by atoms with Gasteiger partial charge in [0.25, 0.3) is 0 Å². The van der Waals surface area contributed by atoms with Crippen molar-refractivity contribution in [2.45, 2.75) is 26.6 Å². The first-order valence-corrected chi connectivity index (χ1v) is 13.0. The third kappa shape index (κ3) is 6.02. The van der Waals surface area contributed by atoms with Gasteiger partial charge in [0.1, 0.15) is 23.7 Å². The fourth-order valence-corrected chi connectivity index (χ4v) is 4.48. The van der Waals surface area contributed by atoms with E-state index in [9.17, 15) is 22.4 Å². The van der Waals surface area contributed by atoms with Gasteiger partial charge in [0.15, 0.2) is 11.5 Å². The van der Waals surface area contributed by atoms with Gasteiger partial charge in [0.05, 0.1) is 18.5 Å². The van der Waals surface area contributed by atoms with E-state index in [-0.39, 0.29) is 24.8 Å². The molecule has 0 N–H and O–H groups in total. The van der Waals surface area contributed by atoms with Crippen LogP contribution in [0.15, 0.2) is 91.1 Å². The topological polar surface area (TPSA) is 66.2 Å². The Morgan fingerprint density at radius 3 is 2.38 bits per heavy atom. The van der Waals surface area contributed by atoms with Crippen molar-refractivity contribution in [3.63, 3.8) is 0 Å². The maximum atomic E-state index is 14.0. The average molecular weight is 576 g/mol. The fraction of sp³-hybridized carbons (Fsp3) is 0.156. The van der Waals surface area contributed by atoms with Crippen LogP contribution in [-0.4, -0.2) is 27.3 Å². The van der Waals surface area contributed by atoms with E-state index in [1.807, 2.05) is 25.1 Å². The van der Waals surface area contributed by atoms with Crippen molar-refractivity contribution in [3.05, 3.63) is 119 Å². The minimum absolute atomic E-state index is 0.0796. The van der Waals surface area contributed by atoms with Gasteiger partial charge in [-0.2, -0.15) is 18.3 Å². The number of hydrogen-bond donors (Lipinski definition) is 0. The Morgan fingerprint density at radius 1 is 0.929 bits per heavy atom. The van der Waals surface area contributed by atoms with E-state index >= 15 is 0 Å². The first-order valence-electron chi connectivity index (χ1n) is 13.0. The van der Waals surface area contributed by atoms with Gasteiger partial charge in [0, 0.05) is 5.56 Å². The van der Waals surface area contributed by atoms with E-state index in [2.05, 4.69) is 10.1 Å². The molecule has 3 aromatic carbocycles. The number of nitrogens with zero attached hydrogens (tertiary/aromatic N) is 3. The van der Waals surface area contributed by atoms with Crippen molar-refractivity contribution in [2.24, 2.45) is 0 Å². The molecule has 0 saturated heterocycles. The molecule has 0 fully saturated rings. The van der Waals surface area contributed by atoms with Crippen molar-refractivity contribution in [1.29, 1.82) is 0 Å². The molecule has 2 aromatic heterocycles. The van der Waals surface area contributed by atoms with E-state index < -0.39 is 23.4 Å². The highest BCUT2D eigenvalue weighted by molar-refractivity contribution is 5.90. The summed E-state index contributed by atoms with van der Waals surface area (Å²) >= 11 is 0. The molecule has 42 heavy (non-hydrogen) atoms. The molecule has 0 aliphatic rings. The quantitative estimate of drug-likeness (QED) is 0.139. The molecule has 6 nitrogen and oxygen atoms in total. The first kappa shape index (κ1) is 28.5. The molecule has 0 radical (unpaired) electrons. The Balaban J connectivity index is 1.42. The predicted molar refractivity (Wildman–Crippen MR) is 149 cm³/mol. The van der Waals surface area contributed by atoms with Crippen LogP contribution in [0.2, 0.25) is 0 Å². The van der Waals surface area contributed by atoms with E-state index in [1.165, 1.54) is 25.1 Å². The van der Waals surface area contributed by atoms with Crippen LogP contribution in [0.5, 0.6) is 5.75 Å². The Labute approximate surface area is 239 Å². The van der Waals surface area contributed by atoms with Crippen LogP contribution in [0.4, 0.5) is 17.6 Å². The average Bonchev–Trinajstić information content (AvgIpc) is 3.44. The number of esters is 1. The monoisotopic (exact) mass is 575 g/mol. The summed E-state index contributed by atoms with van der Waals surface area (Å²) in [5, 5.41) is 3.82. The lowest BCUT2D eigenvalue weighted by atomic mass is 10.00. The molecule has 5 rings (SSSR count). The van der Waals surface area contributed by atoms with Crippen LogP contribution in [0.25, 0.3) is 28.2 Å². The SMILES string of the molecule is CCOC(=O)c1cnn(-c2cccc(-c3ccccc3OCc3ccc(-c4ccc(F)cc4)cc3C)n2)c1C(F)(F)F. The highest BCUT2D eigenvalue weighted by Gasteiger charge is 2.41. The summed E-state index contributed by atoms with van der Waals surface area (Å²) in [6, 6.07) is 23.8. The molecular weight excluding hydrogens is 550 g/mol. The molecule has 10 heteroatoms. The summed E-state index contributed by atoms with van der Waals surface area (Å²) < 4.78 is 66.9. The molecule has 214 valence electrons. The molecule has 0 unspecified atom stereocenters. The largest absolute Gasteiger partial charge is 0.488 e. The molecule has 2 heterocycles. The summed E-state index contributed by atoms with van der Waals surface area (Å²) in [5.41, 5.74) is 2.69. The van der Waals surface area contributed by atoms with Crippen molar-refractivity contribution < 1.29 is 31.8 Å². The molecule has 0 atom stereocenters. The number of carbonyl (C=O) groups is 1. The van der Waals surface area contributed by atoms with Gasteiger partial charge in [-0.15, -0.1) is 0 Å². The van der Waals surface area contributed by atoms with E-state index in [1.54, 1.807) is 48.5 Å². The smallest absolute Gasteiger partial charge is 0.434 e. The number of aromatic nitrogens is 3. The van der Waals surface area contributed by atoms with E-state index in [0.717, 1.165) is 28.5 Å². The maximum Gasteiger partial charge on any atom is 0.434 e. The molecule has 0 spiro atoms. The molecule has 0 bridgehead atoms. The second-order valence-corrected chi connectivity index (χ2v) is 9.35. The number of alkyl halides is 3. The van der Waals surface area contributed by atoms with Gasteiger partial charge in [-0.25, -0.2) is 18.9 Å². The molecule has 0 aliphatic carbocycles. The zero-order chi connectivity index (χ0) is 29.9. The van der Waals surface area contributed by atoms with Crippen molar-refractivity contribution in [2.75, 3.05) is 6.61 Å². The Kier molecular flexibility index (Phi) is 8.06. The van der Waals surface area contributed by atoms with Crippen LogP contribution in [-0.2, 0) is 17.5 Å². The zero-order valence-electron chi connectivity index (χ0n) is 22.7. The number of halogens is 4. The zero-order valence-corrected chi connectivity index (χ0v) is 22.7. The second kappa shape index (κ2) is 11.9. The maximum absolute atomic E-state index is 14.0. The predicted octanol–water partition coefficient (Wildman–Crippen LogP) is 7.82. The summed E-state index contributed by atoms with van der Waals surface area (Å²) in [5.74, 6) is -1.07. The van der Waals surface area contributed by atoms with Crippen molar-refractivity contribution in [1.82, 2.24) is 14.8 Å². The standard InChI is InChI=1S/C32H25F4N3O3/c1-3-41-31(40)26-18-37-39(30(26)32(34,35)36)29-10-6-8-27(38-29)25-7-4-5-9-28(25)42-19-23-12-11-22(17-20(23)2)21-13-15-24(33)16-14-21/h4-18H,3,19H2,1-2H3. The Hall–Kier alpha value is -4.99. The number of aryl methyl sites for hydroxylation is 1. The first-order chi connectivity index (χ1) is 20.2. The van der Waals surface area contributed by atoms with Crippen LogP contribution in [0.3, 0.4) is 0 Å². The fourth-order valence-electron chi connectivity index (χ4n) is 4.48. The van der Waals surface area contributed by atoms with E-state index in [0.29, 0.717) is 21.7 Å². The lowest BCUT2D eigenvalue weighted by Gasteiger charge is -2.15. The number of para-hydroxylation sites is 1. The summed E-state index contributed by atoms with van der Waals surface area (Å²) in [6.07, 6.45) is -4.06. The number of rotatable bonds is 8. The number of benzene rings is 3. The van der Waals surface area contributed by atoms with Crippen LogP contribution in [0, 0.1) is 12.7 Å². The highest BCUT2D eigenvalue weighted by Crippen LogP contribution is 2.35. The van der Waals surface area contributed by atoms with Crippen molar-refractivity contribution in [3.8, 4) is 34.0 Å². The number of hydrogen-bond acceptors (Lipinski definition) is 5. The van der Waals surface area contributed by atoms with Crippen LogP contribution >= 0.6 is 0 Å². The van der Waals surface area contributed by atoms with Gasteiger partial charge in [-0.05, 0) is 72.5 Å².